The van der Waals surface area contributed by atoms with Crippen LogP contribution in [0.5, 0.6) is 0 Å². The molecular weight excluding hydrogens is 340 g/mol. The van der Waals surface area contributed by atoms with Crippen molar-refractivity contribution >= 4 is 29.3 Å². The summed E-state index contributed by atoms with van der Waals surface area (Å²) in [5.74, 6) is -0.187. The fourth-order valence-electron chi connectivity index (χ4n) is 4.12. The van der Waals surface area contributed by atoms with E-state index in [2.05, 4.69) is 5.32 Å². The number of hydrogen-bond acceptors (Lipinski definition) is 4. The number of benzene rings is 1. The number of nitrogens with zero attached hydrogens (tertiary/aromatic N) is 1. The van der Waals surface area contributed by atoms with Crippen molar-refractivity contribution in [3.63, 3.8) is 0 Å². The maximum Gasteiger partial charge on any atom is 0.349 e. The second kappa shape index (κ2) is 6.81. The summed E-state index contributed by atoms with van der Waals surface area (Å²) in [5, 5.41) is 4.26. The summed E-state index contributed by atoms with van der Waals surface area (Å²) in [4.78, 5) is 27.1. The number of amides is 1. The number of aryl methyl sites for hydroxylation is 1. The van der Waals surface area contributed by atoms with Crippen molar-refractivity contribution in [1.82, 2.24) is 10.2 Å². The number of para-hydroxylation sites is 1. The predicted octanol–water partition coefficient (Wildman–Crippen LogP) is 2.74. The normalized spacial score (nSPS) is 19.2. The molecule has 1 amide bonds. The lowest BCUT2D eigenvalue weighted by atomic mass is 9.77. The Morgan fingerprint density at radius 2 is 1.92 bits per heavy atom. The minimum atomic E-state index is -0.529. The van der Waals surface area contributed by atoms with Gasteiger partial charge in [0.2, 0.25) is 0 Å². The summed E-state index contributed by atoms with van der Waals surface area (Å²) in [5.41, 5.74) is 1.26. The zero-order valence-electron chi connectivity index (χ0n) is 14.3. The first-order chi connectivity index (χ1) is 11.6. The van der Waals surface area contributed by atoms with Crippen LogP contribution in [0.1, 0.15) is 35.2 Å². The van der Waals surface area contributed by atoms with Crippen LogP contribution in [0.15, 0.2) is 33.5 Å². The van der Waals surface area contributed by atoms with Crippen LogP contribution >= 0.6 is 12.4 Å². The molecule has 134 valence electrons. The van der Waals surface area contributed by atoms with Crippen LogP contribution in [-0.2, 0) is 0 Å². The molecule has 5 nitrogen and oxygen atoms in total. The van der Waals surface area contributed by atoms with Gasteiger partial charge in [-0.2, -0.15) is 0 Å². The van der Waals surface area contributed by atoms with Crippen molar-refractivity contribution in [2.45, 2.75) is 26.2 Å². The van der Waals surface area contributed by atoms with Gasteiger partial charge in [0, 0.05) is 25.0 Å². The second-order valence-electron chi connectivity index (χ2n) is 7.10. The largest absolute Gasteiger partial charge is 0.422 e. The van der Waals surface area contributed by atoms with Crippen LogP contribution < -0.4 is 10.9 Å². The molecule has 0 atom stereocenters. The van der Waals surface area contributed by atoms with E-state index in [1.165, 1.54) is 6.42 Å². The Bertz CT molecular complexity index is 845. The van der Waals surface area contributed by atoms with E-state index < -0.39 is 5.63 Å². The van der Waals surface area contributed by atoms with E-state index in [9.17, 15) is 9.59 Å². The summed E-state index contributed by atoms with van der Waals surface area (Å²) >= 11 is 0. The van der Waals surface area contributed by atoms with E-state index >= 15 is 0 Å². The highest BCUT2D eigenvalue weighted by Crippen LogP contribution is 2.37. The van der Waals surface area contributed by atoms with Gasteiger partial charge in [-0.3, -0.25) is 4.79 Å². The van der Waals surface area contributed by atoms with Gasteiger partial charge in [-0.15, -0.1) is 12.4 Å². The Morgan fingerprint density at radius 1 is 1.20 bits per heavy atom. The van der Waals surface area contributed by atoms with Crippen molar-refractivity contribution in [1.29, 1.82) is 0 Å². The fraction of sp³-hybridized carbons (Fsp3) is 0.474. The summed E-state index contributed by atoms with van der Waals surface area (Å²) in [6, 6.07) is 7.36. The van der Waals surface area contributed by atoms with Gasteiger partial charge in [-0.25, -0.2) is 4.79 Å². The topological polar surface area (TPSA) is 62.6 Å². The van der Waals surface area contributed by atoms with Crippen LogP contribution in [0.2, 0.25) is 0 Å². The molecule has 25 heavy (non-hydrogen) atoms. The number of carbonyl (C=O) groups is 1. The minimum Gasteiger partial charge on any atom is -0.422 e. The first-order valence-electron chi connectivity index (χ1n) is 8.62. The molecule has 1 spiro atoms. The standard InChI is InChI=1S/C19H22N2O3.ClH/c1-13-14-4-2-3-5-15(14)24-18(23)16(13)17(22)21-10-7-19(8-11-21)6-9-20-12-19;/h2-5,20H,6-12H2,1H3;1H. The van der Waals surface area contributed by atoms with Gasteiger partial charge in [0.1, 0.15) is 11.1 Å². The van der Waals surface area contributed by atoms with E-state index in [1.54, 1.807) is 6.07 Å². The predicted molar refractivity (Wildman–Crippen MR) is 99.5 cm³/mol. The van der Waals surface area contributed by atoms with E-state index in [1.807, 2.05) is 30.0 Å². The van der Waals surface area contributed by atoms with Gasteiger partial charge in [0.25, 0.3) is 5.91 Å². The van der Waals surface area contributed by atoms with Crippen molar-refractivity contribution < 1.29 is 9.21 Å². The number of nitrogens with one attached hydrogen (secondary N) is 1. The number of likely N-dealkylation sites (tertiary alicyclic amines) is 1. The van der Waals surface area contributed by atoms with Crippen molar-refractivity contribution in [3.8, 4) is 0 Å². The minimum absolute atomic E-state index is 0. The molecule has 6 heteroatoms. The molecule has 4 rings (SSSR count). The highest BCUT2D eigenvalue weighted by Gasteiger charge is 2.38. The van der Waals surface area contributed by atoms with Crippen LogP contribution in [0, 0.1) is 12.3 Å². The Hall–Kier alpha value is -1.85. The van der Waals surface area contributed by atoms with Crippen molar-refractivity contribution in [3.05, 3.63) is 45.8 Å². The molecule has 1 aromatic heterocycles. The van der Waals surface area contributed by atoms with Crippen molar-refractivity contribution in [2.75, 3.05) is 26.2 Å². The summed E-state index contributed by atoms with van der Waals surface area (Å²) < 4.78 is 5.37. The average molecular weight is 363 g/mol. The average Bonchev–Trinajstić information content (AvgIpc) is 3.03. The maximum absolute atomic E-state index is 12.9. The number of halogens is 1. The lowest BCUT2D eigenvalue weighted by Crippen LogP contribution is -2.45. The Balaban J connectivity index is 0.00000182. The van der Waals surface area contributed by atoms with E-state index in [0.717, 1.165) is 36.9 Å². The number of rotatable bonds is 1. The quantitative estimate of drug-likeness (QED) is 0.792. The van der Waals surface area contributed by atoms with Crippen LogP contribution in [-0.4, -0.2) is 37.0 Å². The van der Waals surface area contributed by atoms with Crippen LogP contribution in [0.25, 0.3) is 11.0 Å². The molecule has 0 radical (unpaired) electrons. The summed E-state index contributed by atoms with van der Waals surface area (Å²) in [6.07, 6.45) is 3.19. The summed E-state index contributed by atoms with van der Waals surface area (Å²) in [6.45, 7) is 5.38. The smallest absolute Gasteiger partial charge is 0.349 e. The lowest BCUT2D eigenvalue weighted by molar-refractivity contribution is 0.0603. The van der Waals surface area contributed by atoms with Gasteiger partial charge in [0.05, 0.1) is 0 Å². The third kappa shape index (κ3) is 3.07. The van der Waals surface area contributed by atoms with Gasteiger partial charge >= 0.3 is 5.63 Å². The Kier molecular flexibility index (Phi) is 4.89. The fourth-order valence-corrected chi connectivity index (χ4v) is 4.12. The number of piperidine rings is 1. The lowest BCUT2D eigenvalue weighted by Gasteiger charge is -2.38. The van der Waals surface area contributed by atoms with E-state index in [4.69, 9.17) is 4.42 Å². The first-order valence-corrected chi connectivity index (χ1v) is 8.62. The number of carbonyl (C=O) groups excluding carboxylic acids is 1. The van der Waals surface area contributed by atoms with Crippen molar-refractivity contribution in [2.24, 2.45) is 5.41 Å². The zero-order chi connectivity index (χ0) is 16.7. The van der Waals surface area contributed by atoms with Crippen LogP contribution in [0.3, 0.4) is 0 Å². The molecule has 2 aliphatic rings. The van der Waals surface area contributed by atoms with Gasteiger partial charge in [0.15, 0.2) is 0 Å². The molecule has 3 heterocycles. The molecule has 0 bridgehead atoms. The highest BCUT2D eigenvalue weighted by molar-refractivity contribution is 5.99. The van der Waals surface area contributed by atoms with E-state index in [-0.39, 0.29) is 23.9 Å². The molecule has 2 aromatic rings. The highest BCUT2D eigenvalue weighted by atomic mass is 35.5. The molecule has 1 aromatic carbocycles. The molecule has 0 saturated carbocycles. The first kappa shape index (κ1) is 18.0. The molecule has 1 N–H and O–H groups in total. The molecule has 0 unspecified atom stereocenters. The SMILES string of the molecule is Cc1c(C(=O)N2CCC3(CCNC3)CC2)c(=O)oc2ccccc12.Cl. The monoisotopic (exact) mass is 362 g/mol. The maximum atomic E-state index is 12.9. The molecular formula is C19H23ClN2O3. The third-order valence-corrected chi connectivity index (χ3v) is 5.73. The molecule has 2 aliphatic heterocycles. The van der Waals surface area contributed by atoms with Gasteiger partial charge < -0.3 is 14.6 Å². The van der Waals surface area contributed by atoms with Gasteiger partial charge in [-0.05, 0) is 49.8 Å². The molecule has 2 saturated heterocycles. The van der Waals surface area contributed by atoms with Gasteiger partial charge in [-0.1, -0.05) is 18.2 Å². The van der Waals surface area contributed by atoms with E-state index in [0.29, 0.717) is 24.1 Å². The zero-order valence-corrected chi connectivity index (χ0v) is 15.2. The second-order valence-corrected chi connectivity index (χ2v) is 7.10. The number of hydrogen-bond donors (Lipinski definition) is 1. The molecule has 2 fully saturated rings. The van der Waals surface area contributed by atoms with Crippen LogP contribution in [0.4, 0.5) is 0 Å². The molecule has 0 aliphatic carbocycles. The number of fused-ring (bicyclic) bond motifs is 1. The Morgan fingerprint density at radius 3 is 2.60 bits per heavy atom. The third-order valence-electron chi connectivity index (χ3n) is 5.73. The Labute approximate surface area is 152 Å². The summed E-state index contributed by atoms with van der Waals surface area (Å²) in [7, 11) is 0.